The second-order valence-corrected chi connectivity index (χ2v) is 4.75. The van der Waals surface area contributed by atoms with Gasteiger partial charge >= 0.3 is 0 Å². The average molecular weight is 212 g/mol. The molecule has 2 aliphatic rings. The van der Waals surface area contributed by atoms with Crippen LogP contribution in [0, 0.1) is 0 Å². The highest BCUT2D eigenvalue weighted by Crippen LogP contribution is 2.16. The van der Waals surface area contributed by atoms with Crippen molar-refractivity contribution in [3.8, 4) is 0 Å². The number of amides is 1. The molecule has 4 heteroatoms. The Morgan fingerprint density at radius 1 is 1.40 bits per heavy atom. The zero-order valence-corrected chi connectivity index (χ0v) is 9.35. The largest absolute Gasteiger partial charge is 0.390 e. The molecule has 0 radical (unpaired) electrons. The van der Waals surface area contributed by atoms with E-state index in [0.29, 0.717) is 6.42 Å². The van der Waals surface area contributed by atoms with Crippen molar-refractivity contribution in [2.45, 2.75) is 38.3 Å². The van der Waals surface area contributed by atoms with E-state index >= 15 is 0 Å². The number of likely N-dealkylation sites (tertiary alicyclic amines) is 2. The molecule has 2 saturated heterocycles. The van der Waals surface area contributed by atoms with Crippen LogP contribution < -0.4 is 0 Å². The lowest BCUT2D eigenvalue weighted by atomic mass is 10.1. The van der Waals surface area contributed by atoms with Gasteiger partial charge in [-0.2, -0.15) is 0 Å². The van der Waals surface area contributed by atoms with Gasteiger partial charge in [-0.25, -0.2) is 0 Å². The van der Waals surface area contributed by atoms with Gasteiger partial charge in [0.1, 0.15) is 0 Å². The first-order chi connectivity index (χ1) is 7.16. The molecule has 1 amide bonds. The summed E-state index contributed by atoms with van der Waals surface area (Å²) in [6, 6.07) is 0.279. The molecule has 0 bridgehead atoms. The summed E-state index contributed by atoms with van der Waals surface area (Å²) in [7, 11) is 0. The second kappa shape index (κ2) is 4.49. The van der Waals surface area contributed by atoms with Crippen LogP contribution in [0.4, 0.5) is 0 Å². The number of aliphatic hydroxyl groups is 1. The quantitative estimate of drug-likeness (QED) is 0.719. The summed E-state index contributed by atoms with van der Waals surface area (Å²) in [5, 5.41) is 9.18. The van der Waals surface area contributed by atoms with Gasteiger partial charge in [0.2, 0.25) is 5.91 Å². The smallest absolute Gasteiger partial charge is 0.224 e. The molecule has 0 saturated carbocycles. The van der Waals surface area contributed by atoms with Crippen LogP contribution in [0.2, 0.25) is 0 Å². The Kier molecular flexibility index (Phi) is 3.26. The number of β-amino-alcohol motifs (C(OH)–C–C–N with tert-alkyl or cyclic N) is 1. The lowest BCUT2D eigenvalue weighted by Gasteiger charge is -2.40. The standard InChI is InChI=1S/C11H20N2O2/c1-9(13-7-10(14)8-13)6-11(15)12-4-2-3-5-12/h9-10,14H,2-8H2,1H3. The molecular weight excluding hydrogens is 192 g/mol. The molecule has 0 spiro atoms. The molecule has 2 heterocycles. The van der Waals surface area contributed by atoms with E-state index in [1.54, 1.807) is 0 Å². The summed E-state index contributed by atoms with van der Waals surface area (Å²) in [5.74, 6) is 0.279. The number of rotatable bonds is 3. The van der Waals surface area contributed by atoms with Crippen molar-refractivity contribution in [1.82, 2.24) is 9.80 Å². The van der Waals surface area contributed by atoms with Crippen molar-refractivity contribution in [2.24, 2.45) is 0 Å². The molecule has 2 aliphatic heterocycles. The summed E-state index contributed by atoms with van der Waals surface area (Å²) >= 11 is 0. The fourth-order valence-electron chi connectivity index (χ4n) is 2.33. The van der Waals surface area contributed by atoms with E-state index in [4.69, 9.17) is 0 Å². The molecule has 1 atom stereocenters. The van der Waals surface area contributed by atoms with Crippen molar-refractivity contribution in [3.63, 3.8) is 0 Å². The van der Waals surface area contributed by atoms with Crippen molar-refractivity contribution >= 4 is 5.91 Å². The molecule has 15 heavy (non-hydrogen) atoms. The maximum atomic E-state index is 11.8. The van der Waals surface area contributed by atoms with Crippen LogP contribution in [-0.2, 0) is 4.79 Å². The van der Waals surface area contributed by atoms with E-state index in [0.717, 1.165) is 39.0 Å². The second-order valence-electron chi connectivity index (χ2n) is 4.75. The Bertz CT molecular complexity index is 233. The molecule has 2 rings (SSSR count). The number of nitrogens with zero attached hydrogens (tertiary/aromatic N) is 2. The summed E-state index contributed by atoms with van der Waals surface area (Å²) < 4.78 is 0. The van der Waals surface area contributed by atoms with Crippen LogP contribution in [0.15, 0.2) is 0 Å². The van der Waals surface area contributed by atoms with Crippen molar-refractivity contribution < 1.29 is 9.90 Å². The molecule has 0 aromatic heterocycles. The Balaban J connectivity index is 1.73. The highest BCUT2D eigenvalue weighted by molar-refractivity contribution is 5.77. The van der Waals surface area contributed by atoms with Crippen LogP contribution in [0.25, 0.3) is 0 Å². The molecule has 86 valence electrons. The molecule has 2 fully saturated rings. The van der Waals surface area contributed by atoms with Gasteiger partial charge in [-0.15, -0.1) is 0 Å². The SMILES string of the molecule is CC(CC(=O)N1CCCC1)N1CC(O)C1. The maximum absolute atomic E-state index is 11.8. The molecule has 0 aromatic carbocycles. The van der Waals surface area contributed by atoms with Gasteiger partial charge < -0.3 is 10.0 Å². The third kappa shape index (κ3) is 2.49. The number of carbonyl (C=O) groups excluding carboxylic acids is 1. The van der Waals surface area contributed by atoms with Gasteiger partial charge in [-0.1, -0.05) is 0 Å². The minimum Gasteiger partial charge on any atom is -0.390 e. The topological polar surface area (TPSA) is 43.8 Å². The van der Waals surface area contributed by atoms with Crippen molar-refractivity contribution in [1.29, 1.82) is 0 Å². The van der Waals surface area contributed by atoms with E-state index < -0.39 is 0 Å². The monoisotopic (exact) mass is 212 g/mol. The fraction of sp³-hybridized carbons (Fsp3) is 0.909. The van der Waals surface area contributed by atoms with Gasteiger partial charge in [-0.05, 0) is 19.8 Å². The van der Waals surface area contributed by atoms with E-state index in [2.05, 4.69) is 11.8 Å². The first-order valence-electron chi connectivity index (χ1n) is 5.86. The molecule has 0 aliphatic carbocycles. The fourth-order valence-corrected chi connectivity index (χ4v) is 2.33. The number of carbonyl (C=O) groups is 1. The Labute approximate surface area is 90.9 Å². The Hall–Kier alpha value is -0.610. The van der Waals surface area contributed by atoms with E-state index in [1.807, 2.05) is 4.90 Å². The van der Waals surface area contributed by atoms with Crippen molar-refractivity contribution in [2.75, 3.05) is 26.2 Å². The molecular formula is C11H20N2O2. The normalized spacial score (nSPS) is 25.3. The number of aliphatic hydroxyl groups excluding tert-OH is 1. The van der Waals surface area contributed by atoms with Gasteiger partial charge in [0.15, 0.2) is 0 Å². The predicted molar refractivity (Wildman–Crippen MR) is 57.5 cm³/mol. The van der Waals surface area contributed by atoms with Crippen LogP contribution in [0.1, 0.15) is 26.2 Å². The minimum absolute atomic E-state index is 0.172. The van der Waals surface area contributed by atoms with Crippen molar-refractivity contribution in [3.05, 3.63) is 0 Å². The van der Waals surface area contributed by atoms with E-state index in [1.165, 1.54) is 0 Å². The first-order valence-corrected chi connectivity index (χ1v) is 5.86. The summed E-state index contributed by atoms with van der Waals surface area (Å²) in [4.78, 5) is 15.9. The summed E-state index contributed by atoms with van der Waals surface area (Å²) in [5.41, 5.74) is 0. The highest BCUT2D eigenvalue weighted by Gasteiger charge is 2.30. The number of hydrogen-bond acceptors (Lipinski definition) is 3. The molecule has 1 unspecified atom stereocenters. The maximum Gasteiger partial charge on any atom is 0.224 e. The first kappa shape index (κ1) is 10.9. The van der Waals surface area contributed by atoms with Crippen LogP contribution in [0.3, 0.4) is 0 Å². The zero-order chi connectivity index (χ0) is 10.8. The average Bonchev–Trinajstić information content (AvgIpc) is 2.65. The minimum atomic E-state index is -0.172. The van der Waals surface area contributed by atoms with Crippen LogP contribution in [-0.4, -0.2) is 59.1 Å². The van der Waals surface area contributed by atoms with Crippen LogP contribution in [0.5, 0.6) is 0 Å². The van der Waals surface area contributed by atoms with Gasteiger partial charge in [0, 0.05) is 38.6 Å². The van der Waals surface area contributed by atoms with Gasteiger partial charge in [0.25, 0.3) is 0 Å². The molecule has 0 aromatic rings. The third-order valence-electron chi connectivity index (χ3n) is 3.44. The molecule has 1 N–H and O–H groups in total. The van der Waals surface area contributed by atoms with Gasteiger partial charge in [-0.3, -0.25) is 9.69 Å². The zero-order valence-electron chi connectivity index (χ0n) is 9.35. The highest BCUT2D eigenvalue weighted by atomic mass is 16.3. The Morgan fingerprint density at radius 3 is 2.53 bits per heavy atom. The predicted octanol–water partition coefficient (Wildman–Crippen LogP) is 0.0639. The van der Waals surface area contributed by atoms with Gasteiger partial charge in [0.05, 0.1) is 6.10 Å². The van der Waals surface area contributed by atoms with E-state index in [-0.39, 0.29) is 18.1 Å². The number of hydrogen-bond donors (Lipinski definition) is 1. The lowest BCUT2D eigenvalue weighted by Crippen LogP contribution is -2.55. The summed E-state index contributed by atoms with van der Waals surface area (Å²) in [6.45, 7) is 5.41. The Morgan fingerprint density at radius 2 is 2.00 bits per heavy atom. The van der Waals surface area contributed by atoms with E-state index in [9.17, 15) is 9.90 Å². The van der Waals surface area contributed by atoms with Crippen LogP contribution >= 0.6 is 0 Å². The third-order valence-corrected chi connectivity index (χ3v) is 3.44. The lowest BCUT2D eigenvalue weighted by molar-refractivity contribution is -0.132. The molecule has 4 nitrogen and oxygen atoms in total. The summed E-state index contributed by atoms with van der Waals surface area (Å²) in [6.07, 6.45) is 2.74.